The summed E-state index contributed by atoms with van der Waals surface area (Å²) in [5, 5.41) is 7.78. The Kier molecular flexibility index (Phi) is 4.72. The molecule has 0 radical (unpaired) electrons. The van der Waals surface area contributed by atoms with E-state index in [1.807, 2.05) is 12.3 Å². The van der Waals surface area contributed by atoms with Crippen molar-refractivity contribution in [1.82, 2.24) is 15.3 Å². The second-order valence-corrected chi connectivity index (χ2v) is 5.85. The SMILES string of the molecule is CSc1nc2c(c(NCc3ccccc3)n1)CCNCC2. The van der Waals surface area contributed by atoms with Crippen LogP contribution in [0.25, 0.3) is 0 Å². The van der Waals surface area contributed by atoms with Gasteiger partial charge in [-0.05, 0) is 24.8 Å². The lowest BCUT2D eigenvalue weighted by atomic mass is 10.1. The lowest BCUT2D eigenvalue weighted by molar-refractivity contribution is 0.707. The zero-order chi connectivity index (χ0) is 14.5. The van der Waals surface area contributed by atoms with E-state index >= 15 is 0 Å². The predicted octanol–water partition coefficient (Wildman–Crippen LogP) is 2.50. The third kappa shape index (κ3) is 3.54. The summed E-state index contributed by atoms with van der Waals surface area (Å²) in [4.78, 5) is 9.35. The Morgan fingerprint density at radius 1 is 1.14 bits per heavy atom. The van der Waals surface area contributed by atoms with Crippen LogP contribution in [0.3, 0.4) is 0 Å². The van der Waals surface area contributed by atoms with Gasteiger partial charge in [-0.1, -0.05) is 42.1 Å². The zero-order valence-electron chi connectivity index (χ0n) is 12.2. The normalized spacial score (nSPS) is 14.3. The van der Waals surface area contributed by atoms with Crippen molar-refractivity contribution in [2.24, 2.45) is 0 Å². The van der Waals surface area contributed by atoms with Gasteiger partial charge in [0.15, 0.2) is 5.16 Å². The lowest BCUT2D eigenvalue weighted by Crippen LogP contribution is -2.16. The summed E-state index contributed by atoms with van der Waals surface area (Å²) in [7, 11) is 0. The Bertz CT molecular complexity index is 601. The number of hydrogen-bond donors (Lipinski definition) is 2. The Morgan fingerprint density at radius 3 is 2.76 bits per heavy atom. The molecule has 1 aromatic carbocycles. The first-order valence-electron chi connectivity index (χ1n) is 7.29. The Hall–Kier alpha value is -1.59. The van der Waals surface area contributed by atoms with Gasteiger partial charge >= 0.3 is 0 Å². The monoisotopic (exact) mass is 300 g/mol. The van der Waals surface area contributed by atoms with E-state index in [2.05, 4.69) is 44.9 Å². The number of anilines is 1. The molecule has 2 heterocycles. The van der Waals surface area contributed by atoms with Crippen LogP contribution in [0.15, 0.2) is 35.5 Å². The highest BCUT2D eigenvalue weighted by molar-refractivity contribution is 7.98. The fraction of sp³-hybridized carbons (Fsp3) is 0.375. The minimum absolute atomic E-state index is 0.797. The van der Waals surface area contributed by atoms with Gasteiger partial charge in [0.2, 0.25) is 0 Å². The molecule has 1 aromatic heterocycles. The molecule has 0 spiro atoms. The summed E-state index contributed by atoms with van der Waals surface area (Å²) in [6.07, 6.45) is 3.99. The van der Waals surface area contributed by atoms with E-state index < -0.39 is 0 Å². The van der Waals surface area contributed by atoms with Gasteiger partial charge in [0.1, 0.15) is 5.82 Å². The van der Waals surface area contributed by atoms with E-state index in [0.29, 0.717) is 0 Å². The van der Waals surface area contributed by atoms with Crippen molar-refractivity contribution < 1.29 is 0 Å². The first-order valence-corrected chi connectivity index (χ1v) is 8.51. The van der Waals surface area contributed by atoms with Crippen LogP contribution in [0.5, 0.6) is 0 Å². The van der Waals surface area contributed by atoms with Crippen LogP contribution in [-0.2, 0) is 19.4 Å². The van der Waals surface area contributed by atoms with Crippen molar-refractivity contribution >= 4 is 17.6 Å². The molecule has 5 heteroatoms. The minimum atomic E-state index is 0.797. The van der Waals surface area contributed by atoms with Crippen LogP contribution in [0, 0.1) is 0 Å². The summed E-state index contributed by atoms with van der Waals surface area (Å²) < 4.78 is 0. The van der Waals surface area contributed by atoms with Gasteiger partial charge in [-0.2, -0.15) is 0 Å². The molecule has 0 aliphatic carbocycles. The topological polar surface area (TPSA) is 49.8 Å². The first kappa shape index (κ1) is 14.4. The maximum atomic E-state index is 4.68. The number of nitrogens with zero attached hydrogens (tertiary/aromatic N) is 2. The van der Waals surface area contributed by atoms with Crippen molar-refractivity contribution in [3.8, 4) is 0 Å². The van der Waals surface area contributed by atoms with E-state index in [-0.39, 0.29) is 0 Å². The predicted molar refractivity (Wildman–Crippen MR) is 87.9 cm³/mol. The molecule has 21 heavy (non-hydrogen) atoms. The van der Waals surface area contributed by atoms with Gasteiger partial charge in [0.25, 0.3) is 0 Å². The van der Waals surface area contributed by atoms with Crippen LogP contribution in [0.1, 0.15) is 16.8 Å². The number of aromatic nitrogens is 2. The standard InChI is InChI=1S/C16H20N4S/c1-21-16-19-14-8-10-17-9-7-13(14)15(20-16)18-11-12-5-3-2-4-6-12/h2-6,17H,7-11H2,1H3,(H,18,19,20). The minimum Gasteiger partial charge on any atom is -0.366 e. The highest BCUT2D eigenvalue weighted by Crippen LogP contribution is 2.23. The number of hydrogen-bond acceptors (Lipinski definition) is 5. The molecule has 0 atom stereocenters. The smallest absolute Gasteiger partial charge is 0.189 e. The third-order valence-corrected chi connectivity index (χ3v) is 4.20. The van der Waals surface area contributed by atoms with Crippen molar-refractivity contribution in [1.29, 1.82) is 0 Å². The molecule has 1 aliphatic rings. The number of benzene rings is 1. The number of nitrogens with one attached hydrogen (secondary N) is 2. The van der Waals surface area contributed by atoms with Gasteiger partial charge in [-0.25, -0.2) is 9.97 Å². The summed E-state index contributed by atoms with van der Waals surface area (Å²) in [6, 6.07) is 10.4. The molecule has 0 amide bonds. The maximum absolute atomic E-state index is 4.68. The molecule has 1 aliphatic heterocycles. The van der Waals surface area contributed by atoms with Gasteiger partial charge in [-0.3, -0.25) is 0 Å². The molecule has 0 saturated heterocycles. The molecule has 0 fully saturated rings. The zero-order valence-corrected chi connectivity index (χ0v) is 13.0. The molecule has 4 nitrogen and oxygen atoms in total. The average molecular weight is 300 g/mol. The highest BCUT2D eigenvalue weighted by Gasteiger charge is 2.16. The van der Waals surface area contributed by atoms with Crippen molar-refractivity contribution in [2.75, 3.05) is 24.7 Å². The molecule has 2 N–H and O–H groups in total. The third-order valence-electron chi connectivity index (χ3n) is 3.65. The molecule has 2 aromatic rings. The van der Waals surface area contributed by atoms with E-state index in [4.69, 9.17) is 0 Å². The number of rotatable bonds is 4. The number of thioether (sulfide) groups is 1. The molecular formula is C16H20N4S. The van der Waals surface area contributed by atoms with Crippen LogP contribution < -0.4 is 10.6 Å². The van der Waals surface area contributed by atoms with E-state index in [1.54, 1.807) is 11.8 Å². The van der Waals surface area contributed by atoms with Crippen molar-refractivity contribution in [3.05, 3.63) is 47.2 Å². The molecule has 0 unspecified atom stereocenters. The molecule has 3 rings (SSSR count). The van der Waals surface area contributed by atoms with Crippen LogP contribution in [0.4, 0.5) is 5.82 Å². The highest BCUT2D eigenvalue weighted by atomic mass is 32.2. The quantitative estimate of drug-likeness (QED) is 0.671. The van der Waals surface area contributed by atoms with E-state index in [9.17, 15) is 0 Å². The van der Waals surface area contributed by atoms with Crippen LogP contribution in [-0.4, -0.2) is 29.3 Å². The van der Waals surface area contributed by atoms with Crippen LogP contribution >= 0.6 is 11.8 Å². The van der Waals surface area contributed by atoms with Gasteiger partial charge in [0, 0.05) is 25.1 Å². The lowest BCUT2D eigenvalue weighted by Gasteiger charge is -2.14. The van der Waals surface area contributed by atoms with Crippen LogP contribution in [0.2, 0.25) is 0 Å². The Morgan fingerprint density at radius 2 is 1.95 bits per heavy atom. The molecule has 110 valence electrons. The maximum Gasteiger partial charge on any atom is 0.189 e. The second kappa shape index (κ2) is 6.91. The largest absolute Gasteiger partial charge is 0.366 e. The molecular weight excluding hydrogens is 280 g/mol. The number of fused-ring (bicyclic) bond motifs is 1. The summed E-state index contributed by atoms with van der Waals surface area (Å²) >= 11 is 1.60. The average Bonchev–Trinajstić information content (AvgIpc) is 2.78. The summed E-state index contributed by atoms with van der Waals surface area (Å²) in [6.45, 7) is 2.79. The molecule has 0 saturated carbocycles. The summed E-state index contributed by atoms with van der Waals surface area (Å²) in [5.41, 5.74) is 3.73. The summed E-state index contributed by atoms with van der Waals surface area (Å²) in [5.74, 6) is 0.997. The van der Waals surface area contributed by atoms with Gasteiger partial charge < -0.3 is 10.6 Å². The molecule has 0 bridgehead atoms. The fourth-order valence-corrected chi connectivity index (χ4v) is 2.93. The fourth-order valence-electron chi connectivity index (χ4n) is 2.54. The van der Waals surface area contributed by atoms with Gasteiger partial charge in [0.05, 0.1) is 5.69 Å². The van der Waals surface area contributed by atoms with E-state index in [0.717, 1.165) is 43.5 Å². The van der Waals surface area contributed by atoms with Crippen molar-refractivity contribution in [2.45, 2.75) is 24.5 Å². The Labute approximate surface area is 129 Å². The van der Waals surface area contributed by atoms with Crippen molar-refractivity contribution in [3.63, 3.8) is 0 Å². The van der Waals surface area contributed by atoms with E-state index in [1.165, 1.54) is 16.8 Å². The second-order valence-electron chi connectivity index (χ2n) is 5.07. The Balaban J connectivity index is 1.85. The van der Waals surface area contributed by atoms with Gasteiger partial charge in [-0.15, -0.1) is 0 Å². The first-order chi connectivity index (χ1) is 10.4.